The summed E-state index contributed by atoms with van der Waals surface area (Å²) >= 11 is 0. The number of rotatable bonds is 8. The van der Waals surface area contributed by atoms with Crippen LogP contribution in [0.15, 0.2) is 66.7 Å². The van der Waals surface area contributed by atoms with Crippen LogP contribution in [0.1, 0.15) is 49.8 Å². The van der Waals surface area contributed by atoms with Gasteiger partial charge in [0.15, 0.2) is 0 Å². The average Bonchev–Trinajstić information content (AvgIpc) is 2.93. The summed E-state index contributed by atoms with van der Waals surface area (Å²) in [5.74, 6) is 0.826. The molecule has 2 heterocycles. The highest BCUT2D eigenvalue weighted by Gasteiger charge is 2.28. The molecule has 0 atom stereocenters. The molecule has 0 saturated carbocycles. The second kappa shape index (κ2) is 13.5. The van der Waals surface area contributed by atoms with E-state index in [0.717, 1.165) is 47.7 Å². The third-order valence-corrected chi connectivity index (χ3v) is 6.87. The largest absolute Gasteiger partial charge is 0.492 e. The molecule has 7 nitrogen and oxygen atoms in total. The molecule has 8 heteroatoms. The molecule has 0 amide bonds. The van der Waals surface area contributed by atoms with Crippen LogP contribution in [0.4, 0.5) is 0 Å². The number of fused-ring (bicyclic) bond motifs is 1. The topological polar surface area (TPSA) is 74.3 Å². The van der Waals surface area contributed by atoms with Crippen LogP contribution in [-0.4, -0.2) is 49.7 Å². The summed E-state index contributed by atoms with van der Waals surface area (Å²) in [6, 6.07) is 21.2. The number of carbonyl (C=O) groups excluding carboxylic acids is 2. The van der Waals surface area contributed by atoms with Crippen LogP contribution in [0.2, 0.25) is 0 Å². The van der Waals surface area contributed by atoms with Gasteiger partial charge in [-0.15, -0.1) is 12.4 Å². The summed E-state index contributed by atoms with van der Waals surface area (Å²) in [7, 11) is 0. The maximum atomic E-state index is 12.1. The molecule has 0 N–H and O–H groups in total. The Morgan fingerprint density at radius 1 is 0.825 bits per heavy atom. The van der Waals surface area contributed by atoms with Crippen molar-refractivity contribution in [2.45, 2.75) is 33.1 Å². The van der Waals surface area contributed by atoms with Gasteiger partial charge in [0.1, 0.15) is 36.2 Å². The molecular weight excluding hydrogens is 530 g/mol. The smallest absolute Gasteiger partial charge is 0.308 e. The zero-order valence-electron chi connectivity index (χ0n) is 22.8. The highest BCUT2D eigenvalue weighted by atomic mass is 35.5. The van der Waals surface area contributed by atoms with Gasteiger partial charge in [-0.2, -0.15) is 0 Å². The van der Waals surface area contributed by atoms with E-state index in [9.17, 15) is 9.59 Å². The van der Waals surface area contributed by atoms with E-state index in [1.54, 1.807) is 12.1 Å². The van der Waals surface area contributed by atoms with Gasteiger partial charge in [0, 0.05) is 43.7 Å². The summed E-state index contributed by atoms with van der Waals surface area (Å²) < 4.78 is 23.1. The first-order valence-corrected chi connectivity index (χ1v) is 13.4. The monoisotopic (exact) mass is 563 g/mol. The van der Waals surface area contributed by atoms with E-state index >= 15 is 0 Å². The molecule has 0 radical (unpaired) electrons. The van der Waals surface area contributed by atoms with Crippen molar-refractivity contribution < 1.29 is 28.5 Å². The number of carbonyl (C=O) groups is 2. The second-order valence-corrected chi connectivity index (χ2v) is 9.77. The lowest BCUT2D eigenvalue weighted by atomic mass is 9.87. The number of hydrogen-bond acceptors (Lipinski definition) is 7. The predicted octanol–water partition coefficient (Wildman–Crippen LogP) is 6.18. The lowest BCUT2D eigenvalue weighted by molar-refractivity contribution is -0.132. The molecule has 3 aromatic carbocycles. The van der Waals surface area contributed by atoms with Crippen molar-refractivity contribution in [3.63, 3.8) is 0 Å². The van der Waals surface area contributed by atoms with Crippen LogP contribution in [0.3, 0.4) is 0 Å². The van der Waals surface area contributed by atoms with Gasteiger partial charge in [0.25, 0.3) is 0 Å². The van der Waals surface area contributed by atoms with Crippen molar-refractivity contribution in [1.29, 1.82) is 0 Å². The molecule has 5 rings (SSSR count). The van der Waals surface area contributed by atoms with E-state index in [0.29, 0.717) is 24.5 Å². The molecule has 0 bridgehead atoms. The van der Waals surface area contributed by atoms with Gasteiger partial charge in [-0.25, -0.2) is 0 Å². The van der Waals surface area contributed by atoms with Crippen molar-refractivity contribution in [3.05, 3.63) is 83.4 Å². The van der Waals surface area contributed by atoms with Crippen LogP contribution < -0.4 is 18.9 Å². The maximum Gasteiger partial charge on any atom is 0.308 e. The second-order valence-electron chi connectivity index (χ2n) is 9.77. The van der Waals surface area contributed by atoms with Crippen LogP contribution in [0.5, 0.6) is 23.0 Å². The summed E-state index contributed by atoms with van der Waals surface area (Å²) in [6.07, 6.45) is 3.84. The molecule has 0 aromatic heterocycles. The Balaban J connectivity index is 0.00000370. The molecule has 0 aliphatic carbocycles. The number of esters is 2. The van der Waals surface area contributed by atoms with Gasteiger partial charge in [0.2, 0.25) is 0 Å². The number of halogens is 1. The standard InChI is InChI=1S/C32H33NO6.ClH/c1-22(34)38-27-19-29-32(30(20-27)39-23(2)35)31(28(21-37-29)24-9-5-3-6-10-24)25-11-13-26(14-12-25)36-18-17-33-15-7-4-8-16-33;/h3,5-6,9-14,19-20H,4,7-8,15-18,21H2,1-2H3;1H. The highest BCUT2D eigenvalue weighted by Crippen LogP contribution is 2.47. The number of hydrogen-bond donors (Lipinski definition) is 0. The zero-order chi connectivity index (χ0) is 27.2. The van der Waals surface area contributed by atoms with E-state index in [4.69, 9.17) is 18.9 Å². The van der Waals surface area contributed by atoms with E-state index in [-0.39, 0.29) is 23.9 Å². The molecule has 3 aromatic rings. The van der Waals surface area contributed by atoms with Gasteiger partial charge in [-0.3, -0.25) is 14.5 Å². The highest BCUT2D eigenvalue weighted by molar-refractivity contribution is 6.03. The fourth-order valence-electron chi connectivity index (χ4n) is 5.14. The van der Waals surface area contributed by atoms with Crippen molar-refractivity contribution in [1.82, 2.24) is 4.90 Å². The summed E-state index contributed by atoms with van der Waals surface area (Å²) in [6.45, 7) is 6.81. The summed E-state index contributed by atoms with van der Waals surface area (Å²) in [5.41, 5.74) is 4.39. The fraction of sp³-hybridized carbons (Fsp3) is 0.312. The van der Waals surface area contributed by atoms with E-state index in [1.807, 2.05) is 54.6 Å². The molecule has 1 fully saturated rings. The van der Waals surface area contributed by atoms with Gasteiger partial charge in [-0.05, 0) is 49.2 Å². The molecule has 1 saturated heterocycles. The number of ether oxygens (including phenoxy) is 4. The maximum absolute atomic E-state index is 12.1. The quantitative estimate of drug-likeness (QED) is 0.239. The molecule has 210 valence electrons. The predicted molar refractivity (Wildman–Crippen MR) is 156 cm³/mol. The van der Waals surface area contributed by atoms with Crippen molar-refractivity contribution in [2.75, 3.05) is 32.8 Å². The summed E-state index contributed by atoms with van der Waals surface area (Å²) in [5, 5.41) is 0. The van der Waals surface area contributed by atoms with E-state index < -0.39 is 11.9 Å². The van der Waals surface area contributed by atoms with Crippen LogP contribution in [0, 0.1) is 0 Å². The Morgan fingerprint density at radius 3 is 2.20 bits per heavy atom. The Bertz CT molecular complexity index is 1360. The molecule has 0 spiro atoms. The van der Waals surface area contributed by atoms with E-state index in [1.165, 1.54) is 33.1 Å². The number of benzene rings is 3. The SMILES string of the molecule is CC(=O)Oc1cc2c(c(OC(C)=O)c1)C(c1ccc(OCCN3CCCCC3)cc1)=C(c1ccccc1)CO2.Cl. The fourth-order valence-corrected chi connectivity index (χ4v) is 5.14. The minimum atomic E-state index is -0.485. The van der Waals surface area contributed by atoms with Crippen LogP contribution in [-0.2, 0) is 9.59 Å². The van der Waals surface area contributed by atoms with Gasteiger partial charge >= 0.3 is 11.9 Å². The van der Waals surface area contributed by atoms with Crippen molar-refractivity contribution in [3.8, 4) is 23.0 Å². The zero-order valence-corrected chi connectivity index (χ0v) is 23.6. The van der Waals surface area contributed by atoms with Crippen LogP contribution in [0.25, 0.3) is 11.1 Å². The Kier molecular flexibility index (Phi) is 9.85. The third-order valence-electron chi connectivity index (χ3n) is 6.87. The number of piperidine rings is 1. The molecule has 0 unspecified atom stereocenters. The Morgan fingerprint density at radius 2 is 1.52 bits per heavy atom. The lowest BCUT2D eigenvalue weighted by Gasteiger charge is -2.27. The number of likely N-dealkylation sites (tertiary alicyclic amines) is 1. The van der Waals surface area contributed by atoms with Crippen molar-refractivity contribution >= 4 is 35.5 Å². The van der Waals surface area contributed by atoms with Crippen LogP contribution >= 0.6 is 12.4 Å². The molecule has 2 aliphatic heterocycles. The van der Waals surface area contributed by atoms with Gasteiger partial charge in [-0.1, -0.05) is 48.9 Å². The minimum Gasteiger partial charge on any atom is -0.492 e. The Hall–Kier alpha value is -3.81. The lowest BCUT2D eigenvalue weighted by Crippen LogP contribution is -2.33. The molecular formula is C32H34ClNO6. The number of nitrogens with zero attached hydrogens (tertiary/aromatic N) is 1. The third kappa shape index (κ3) is 7.03. The summed E-state index contributed by atoms with van der Waals surface area (Å²) in [4.78, 5) is 26.2. The first-order valence-electron chi connectivity index (χ1n) is 13.4. The molecule has 2 aliphatic rings. The Labute approximate surface area is 241 Å². The van der Waals surface area contributed by atoms with Crippen molar-refractivity contribution in [2.24, 2.45) is 0 Å². The minimum absolute atomic E-state index is 0. The molecule has 40 heavy (non-hydrogen) atoms. The van der Waals surface area contributed by atoms with Gasteiger partial charge < -0.3 is 18.9 Å². The first kappa shape index (κ1) is 29.2. The van der Waals surface area contributed by atoms with E-state index in [2.05, 4.69) is 4.90 Å². The average molecular weight is 564 g/mol. The first-order chi connectivity index (χ1) is 19.0. The normalized spacial score (nSPS) is 14.8. The van der Waals surface area contributed by atoms with Gasteiger partial charge in [0.05, 0.1) is 5.56 Å².